The Hall–Kier alpha value is -2.55. The number of hydrogen-bond acceptors (Lipinski definition) is 8. The molecule has 0 N–H and O–H groups in total. The number of thioether (sulfide) groups is 1. The number of fused-ring (bicyclic) bond motifs is 1. The first-order valence-corrected chi connectivity index (χ1v) is 14.9. The zero-order chi connectivity index (χ0) is 24.6. The lowest BCUT2D eigenvalue weighted by Gasteiger charge is -2.45. The average Bonchev–Trinajstić information content (AvgIpc) is 3.75. The van der Waals surface area contributed by atoms with E-state index in [1.165, 1.54) is 22.6 Å². The summed E-state index contributed by atoms with van der Waals surface area (Å²) in [4.78, 5) is 7.50. The molecule has 0 bridgehead atoms. The van der Waals surface area contributed by atoms with Crippen LogP contribution in [0.2, 0.25) is 0 Å². The van der Waals surface area contributed by atoms with Gasteiger partial charge in [-0.1, -0.05) is 18.2 Å². The van der Waals surface area contributed by atoms with Crippen molar-refractivity contribution >= 4 is 23.0 Å². The van der Waals surface area contributed by atoms with E-state index in [2.05, 4.69) is 45.0 Å². The van der Waals surface area contributed by atoms with Crippen LogP contribution in [-0.2, 0) is 20.6 Å². The molecule has 0 saturated carbocycles. The van der Waals surface area contributed by atoms with E-state index in [1.54, 1.807) is 6.26 Å². The SMILES string of the molecule is c1coc(C2=C(N3CCc4ccccc43)C(N3CCSCC3)=C(N3CCOCC3)OC2C2CCCO2)c1. The molecule has 1 aromatic carbocycles. The van der Waals surface area contributed by atoms with Crippen LogP contribution in [0.3, 0.4) is 0 Å². The fraction of sp³-hybridized carbons (Fsp3) is 0.517. The minimum absolute atomic E-state index is 0.00227. The van der Waals surface area contributed by atoms with Crippen molar-refractivity contribution in [2.75, 3.05) is 69.0 Å². The fourth-order valence-electron chi connectivity index (χ4n) is 6.30. The Balaban J connectivity index is 1.47. The third kappa shape index (κ3) is 4.33. The van der Waals surface area contributed by atoms with Crippen LogP contribution in [0, 0.1) is 0 Å². The lowest BCUT2D eigenvalue weighted by molar-refractivity contribution is -0.0423. The third-order valence-electron chi connectivity index (χ3n) is 8.08. The molecule has 37 heavy (non-hydrogen) atoms. The van der Waals surface area contributed by atoms with Gasteiger partial charge in [-0.2, -0.15) is 11.8 Å². The number of anilines is 1. The zero-order valence-corrected chi connectivity index (χ0v) is 22.1. The van der Waals surface area contributed by atoms with Gasteiger partial charge >= 0.3 is 0 Å². The number of ether oxygens (including phenoxy) is 3. The first-order valence-electron chi connectivity index (χ1n) is 13.7. The molecular formula is C29H35N3O4S. The average molecular weight is 522 g/mol. The first kappa shape index (κ1) is 23.6. The van der Waals surface area contributed by atoms with E-state index in [1.807, 2.05) is 17.8 Å². The summed E-state index contributed by atoms with van der Waals surface area (Å²) in [6.07, 6.45) is 4.64. The maximum Gasteiger partial charge on any atom is 0.216 e. The highest BCUT2D eigenvalue weighted by Crippen LogP contribution is 2.46. The molecule has 1 aromatic heterocycles. The molecule has 3 saturated heterocycles. The number of benzene rings is 1. The van der Waals surface area contributed by atoms with Crippen molar-refractivity contribution in [2.24, 2.45) is 0 Å². The van der Waals surface area contributed by atoms with Crippen molar-refractivity contribution in [1.29, 1.82) is 0 Å². The third-order valence-corrected chi connectivity index (χ3v) is 9.02. The summed E-state index contributed by atoms with van der Waals surface area (Å²) in [6, 6.07) is 12.9. The van der Waals surface area contributed by atoms with Crippen LogP contribution in [-0.4, -0.2) is 86.1 Å². The van der Waals surface area contributed by atoms with Crippen LogP contribution in [0.15, 0.2) is 64.4 Å². The van der Waals surface area contributed by atoms with Gasteiger partial charge in [0.2, 0.25) is 5.88 Å². The summed E-state index contributed by atoms with van der Waals surface area (Å²) < 4.78 is 25.3. The van der Waals surface area contributed by atoms with Crippen molar-refractivity contribution in [3.05, 3.63) is 71.3 Å². The van der Waals surface area contributed by atoms with Gasteiger partial charge in [-0.15, -0.1) is 0 Å². The normalized spacial score (nSPS) is 26.6. The van der Waals surface area contributed by atoms with Crippen LogP contribution in [0.25, 0.3) is 5.57 Å². The predicted octanol–water partition coefficient (Wildman–Crippen LogP) is 4.18. The highest BCUT2D eigenvalue weighted by molar-refractivity contribution is 7.99. The maximum atomic E-state index is 7.12. The molecule has 8 heteroatoms. The molecule has 6 heterocycles. The van der Waals surface area contributed by atoms with Crippen LogP contribution in [0.5, 0.6) is 0 Å². The number of rotatable bonds is 5. The minimum Gasteiger partial charge on any atom is -0.466 e. The minimum atomic E-state index is -0.225. The summed E-state index contributed by atoms with van der Waals surface area (Å²) in [6.45, 7) is 6.84. The molecule has 7 rings (SSSR count). The van der Waals surface area contributed by atoms with Gasteiger partial charge in [0.25, 0.3) is 0 Å². The predicted molar refractivity (Wildman–Crippen MR) is 145 cm³/mol. The molecule has 196 valence electrons. The van der Waals surface area contributed by atoms with Gasteiger partial charge in [0.15, 0.2) is 6.10 Å². The fourth-order valence-corrected chi connectivity index (χ4v) is 7.20. The second-order valence-corrected chi connectivity index (χ2v) is 11.4. The lowest BCUT2D eigenvalue weighted by atomic mass is 9.93. The first-order chi connectivity index (χ1) is 18.4. The number of morpholine rings is 1. The second-order valence-electron chi connectivity index (χ2n) is 10.2. The maximum absolute atomic E-state index is 7.12. The number of nitrogens with zero attached hydrogens (tertiary/aromatic N) is 3. The Morgan fingerprint density at radius 3 is 2.49 bits per heavy atom. The zero-order valence-electron chi connectivity index (χ0n) is 21.3. The highest BCUT2D eigenvalue weighted by atomic mass is 32.2. The van der Waals surface area contributed by atoms with Crippen LogP contribution in [0.4, 0.5) is 5.69 Å². The van der Waals surface area contributed by atoms with E-state index in [9.17, 15) is 0 Å². The van der Waals surface area contributed by atoms with Crippen molar-refractivity contribution in [1.82, 2.24) is 9.80 Å². The van der Waals surface area contributed by atoms with Crippen LogP contribution in [0.1, 0.15) is 24.2 Å². The van der Waals surface area contributed by atoms with E-state index < -0.39 is 0 Å². The molecular weight excluding hydrogens is 486 g/mol. The standard InChI is InChI=1S/C29H35N3O4S/c1-2-6-22-21(5-1)9-10-32(22)26-25(23-7-3-15-34-23)28(24-8-4-16-35-24)36-29(31-11-17-33-18-12-31)27(26)30-13-19-37-20-14-30/h1-3,5-7,15,24,28H,4,8-14,16-20H2. The van der Waals surface area contributed by atoms with Gasteiger partial charge in [0.1, 0.15) is 11.5 Å². The Kier molecular flexibility index (Phi) is 6.56. The highest BCUT2D eigenvalue weighted by Gasteiger charge is 2.45. The van der Waals surface area contributed by atoms with Gasteiger partial charge in [-0.05, 0) is 43.0 Å². The van der Waals surface area contributed by atoms with Gasteiger partial charge in [0.05, 0.1) is 36.9 Å². The number of hydrogen-bond donors (Lipinski definition) is 0. The Morgan fingerprint density at radius 2 is 1.70 bits per heavy atom. The van der Waals surface area contributed by atoms with Crippen molar-refractivity contribution < 1.29 is 18.6 Å². The molecule has 0 amide bonds. The van der Waals surface area contributed by atoms with E-state index in [0.29, 0.717) is 0 Å². The molecule has 0 spiro atoms. The largest absolute Gasteiger partial charge is 0.466 e. The summed E-state index contributed by atoms with van der Waals surface area (Å²) in [5, 5.41) is 0. The van der Waals surface area contributed by atoms with Crippen LogP contribution >= 0.6 is 11.8 Å². The van der Waals surface area contributed by atoms with Gasteiger partial charge in [-0.25, -0.2) is 0 Å². The van der Waals surface area contributed by atoms with Gasteiger partial charge < -0.3 is 33.3 Å². The monoisotopic (exact) mass is 521 g/mol. The number of para-hydroxylation sites is 1. The van der Waals surface area contributed by atoms with Gasteiger partial charge in [0, 0.05) is 56.5 Å². The van der Waals surface area contributed by atoms with E-state index in [-0.39, 0.29) is 12.2 Å². The molecule has 0 aliphatic carbocycles. The summed E-state index contributed by atoms with van der Waals surface area (Å²) in [5.41, 5.74) is 6.26. The Morgan fingerprint density at radius 1 is 0.838 bits per heavy atom. The topological polar surface area (TPSA) is 50.6 Å². The Labute approximate surface area is 223 Å². The summed E-state index contributed by atoms with van der Waals surface area (Å²) >= 11 is 2.03. The van der Waals surface area contributed by atoms with E-state index >= 15 is 0 Å². The quantitative estimate of drug-likeness (QED) is 0.581. The molecule has 3 fully saturated rings. The second kappa shape index (κ2) is 10.3. The van der Waals surface area contributed by atoms with Crippen molar-refractivity contribution in [2.45, 2.75) is 31.5 Å². The van der Waals surface area contributed by atoms with Crippen molar-refractivity contribution in [3.8, 4) is 0 Å². The Bertz CT molecular complexity index is 1160. The van der Waals surface area contributed by atoms with Crippen LogP contribution < -0.4 is 4.90 Å². The molecule has 2 aromatic rings. The lowest BCUT2D eigenvalue weighted by Crippen LogP contribution is -2.48. The molecule has 7 nitrogen and oxygen atoms in total. The van der Waals surface area contributed by atoms with Gasteiger partial charge in [-0.3, -0.25) is 0 Å². The smallest absolute Gasteiger partial charge is 0.216 e. The molecule has 5 aliphatic heterocycles. The van der Waals surface area contributed by atoms with Crippen molar-refractivity contribution in [3.63, 3.8) is 0 Å². The van der Waals surface area contributed by atoms with E-state index in [0.717, 1.165) is 101 Å². The number of furan rings is 1. The van der Waals surface area contributed by atoms with E-state index in [4.69, 9.17) is 18.6 Å². The molecule has 0 radical (unpaired) electrons. The molecule has 5 aliphatic rings. The molecule has 2 unspecified atom stereocenters. The summed E-state index contributed by atoms with van der Waals surface area (Å²) in [5.74, 6) is 4.11. The summed E-state index contributed by atoms with van der Waals surface area (Å²) in [7, 11) is 0. The molecule has 2 atom stereocenters.